The highest BCUT2D eigenvalue weighted by molar-refractivity contribution is 7.14. The highest BCUT2D eigenvalue weighted by Gasteiger charge is 2.59. The molecule has 16 heteroatoms. The SMILES string of the molecule is CNc1cc(-n2ccc3cc(C#N)cnc32)ncc1-c1nnc(C2CC3(CCN(C(=O)CN4CC5(C4)C(=O)N(C4CCONO4)c4ccccc45)CC3)C2)s1. The van der Waals surface area contributed by atoms with Gasteiger partial charge in [0.05, 0.1) is 30.0 Å². The molecule has 4 fully saturated rings. The predicted octanol–water partition coefficient (Wildman–Crippen LogP) is 4.12. The van der Waals surface area contributed by atoms with Crippen LogP contribution in [0.15, 0.2) is 61.1 Å². The van der Waals surface area contributed by atoms with E-state index in [9.17, 15) is 14.9 Å². The van der Waals surface area contributed by atoms with E-state index in [4.69, 9.17) is 14.7 Å². The molecular formula is C39H39N11O4S. The van der Waals surface area contributed by atoms with Crippen molar-refractivity contribution in [3.63, 3.8) is 0 Å². The normalized spacial score (nSPS) is 21.7. The quantitative estimate of drug-likeness (QED) is 0.244. The van der Waals surface area contributed by atoms with Gasteiger partial charge in [0.25, 0.3) is 0 Å². The van der Waals surface area contributed by atoms with Crippen LogP contribution in [-0.2, 0) is 24.7 Å². The van der Waals surface area contributed by atoms with Gasteiger partial charge in [0.2, 0.25) is 11.8 Å². The Labute approximate surface area is 320 Å². The van der Waals surface area contributed by atoms with E-state index in [0.717, 1.165) is 82.3 Å². The Kier molecular flexibility index (Phi) is 8.19. The number of aromatic nitrogens is 5. The Morgan fingerprint density at radius 3 is 2.73 bits per heavy atom. The average molecular weight is 758 g/mol. The summed E-state index contributed by atoms with van der Waals surface area (Å²) in [6.45, 7) is 3.33. The summed E-state index contributed by atoms with van der Waals surface area (Å²) in [6, 6.07) is 15.8. The van der Waals surface area contributed by atoms with Gasteiger partial charge in [-0.15, -0.1) is 10.2 Å². The van der Waals surface area contributed by atoms with Crippen LogP contribution in [0.5, 0.6) is 0 Å². The van der Waals surface area contributed by atoms with Gasteiger partial charge in [0, 0.05) is 81.3 Å². The minimum atomic E-state index is -0.648. The maximum absolute atomic E-state index is 13.9. The predicted molar refractivity (Wildman–Crippen MR) is 203 cm³/mol. The van der Waals surface area contributed by atoms with Crippen LogP contribution < -0.4 is 15.9 Å². The number of hydrogen-bond acceptors (Lipinski definition) is 13. The van der Waals surface area contributed by atoms with Crippen LogP contribution in [0.4, 0.5) is 11.4 Å². The Morgan fingerprint density at radius 2 is 1.95 bits per heavy atom. The van der Waals surface area contributed by atoms with Crippen molar-refractivity contribution in [2.45, 2.75) is 49.7 Å². The van der Waals surface area contributed by atoms with Crippen LogP contribution in [-0.4, -0.2) is 99.0 Å². The second-order valence-corrected chi connectivity index (χ2v) is 16.4. The van der Waals surface area contributed by atoms with Crippen LogP contribution in [0, 0.1) is 16.7 Å². The summed E-state index contributed by atoms with van der Waals surface area (Å²) in [7, 11) is 1.88. The molecule has 1 aliphatic carbocycles. The number of nitrogens with zero attached hydrogens (tertiary/aromatic N) is 9. The number of hydrogen-bond donors (Lipinski definition) is 2. The third-order valence-electron chi connectivity index (χ3n) is 12.3. The lowest BCUT2D eigenvalue weighted by molar-refractivity contribution is -0.238. The van der Waals surface area contributed by atoms with E-state index in [0.29, 0.717) is 50.0 Å². The molecule has 8 heterocycles. The molecule has 15 nitrogen and oxygen atoms in total. The van der Waals surface area contributed by atoms with Crippen molar-refractivity contribution in [2.75, 3.05) is 56.6 Å². The highest BCUT2D eigenvalue weighted by Crippen LogP contribution is 2.57. The van der Waals surface area contributed by atoms with Gasteiger partial charge in [-0.05, 0) is 54.9 Å². The van der Waals surface area contributed by atoms with Gasteiger partial charge in [-0.1, -0.05) is 35.2 Å². The number of likely N-dealkylation sites (tertiary alicyclic amines) is 2. The first kappa shape index (κ1) is 34.2. The largest absolute Gasteiger partial charge is 0.387 e. The molecule has 5 aromatic rings. The zero-order chi connectivity index (χ0) is 37.3. The summed E-state index contributed by atoms with van der Waals surface area (Å²) in [6.07, 6.45) is 9.54. The van der Waals surface area contributed by atoms with E-state index in [1.165, 1.54) is 0 Å². The standard InChI is InChI=1S/C39H39N11O4S/c1-41-29-15-31(49-10-6-25-14-24(18-40)19-43-34(25)49)42-20-27(29)36-45-44-35(55-36)26-16-38(17-26)8-11-48(12-9-38)32(51)21-47-22-39(23-47)28-4-2-3-5-30(28)50(37(39)52)33-7-13-53-46-54-33/h2-6,10,14-15,19-20,26,33,46H,7-9,11-13,16-17,21-23H2,1H3,(H,41,42). The summed E-state index contributed by atoms with van der Waals surface area (Å²) < 4.78 is 1.91. The van der Waals surface area contributed by atoms with Gasteiger partial charge in [-0.2, -0.15) is 5.26 Å². The molecule has 10 rings (SSSR count). The number of nitrogens with one attached hydrogen (secondary N) is 2. The third kappa shape index (κ3) is 5.60. The van der Waals surface area contributed by atoms with Crippen molar-refractivity contribution in [1.29, 1.82) is 5.26 Å². The molecule has 2 N–H and O–H groups in total. The summed E-state index contributed by atoms with van der Waals surface area (Å²) in [4.78, 5) is 53.2. The number of carbonyl (C=O) groups excluding carboxylic acids is 2. The molecule has 55 heavy (non-hydrogen) atoms. The Balaban J connectivity index is 0.740. The first-order valence-corrected chi connectivity index (χ1v) is 19.5. The maximum Gasteiger partial charge on any atom is 0.242 e. The molecule has 0 radical (unpaired) electrons. The third-order valence-corrected chi connectivity index (χ3v) is 13.4. The molecule has 4 aromatic heterocycles. The van der Waals surface area contributed by atoms with E-state index in [2.05, 4.69) is 37.1 Å². The van der Waals surface area contributed by atoms with Crippen LogP contribution in [0.2, 0.25) is 0 Å². The smallest absolute Gasteiger partial charge is 0.242 e. The van der Waals surface area contributed by atoms with Crippen molar-refractivity contribution in [3.05, 3.63) is 77.2 Å². The molecule has 3 saturated heterocycles. The fourth-order valence-electron chi connectivity index (χ4n) is 9.32. The molecule has 1 saturated carbocycles. The first-order valence-electron chi connectivity index (χ1n) is 18.7. The number of pyridine rings is 2. The van der Waals surface area contributed by atoms with Gasteiger partial charge in [-0.3, -0.25) is 33.6 Å². The topological polar surface area (TPSA) is 167 Å². The van der Waals surface area contributed by atoms with E-state index in [1.807, 2.05) is 71.4 Å². The highest BCUT2D eigenvalue weighted by atomic mass is 32.1. The summed E-state index contributed by atoms with van der Waals surface area (Å²) in [5.41, 5.74) is 6.99. The zero-order valence-electron chi connectivity index (χ0n) is 30.3. The zero-order valence-corrected chi connectivity index (χ0v) is 31.1. The second-order valence-electron chi connectivity index (χ2n) is 15.4. The Bertz CT molecular complexity index is 2360. The van der Waals surface area contributed by atoms with Crippen LogP contribution in [0.25, 0.3) is 27.4 Å². The fraction of sp³-hybridized carbons (Fsp3) is 0.410. The van der Waals surface area contributed by atoms with Crippen molar-refractivity contribution in [2.24, 2.45) is 5.41 Å². The number of para-hydroxylation sites is 1. The lowest BCUT2D eigenvalue weighted by atomic mass is 9.58. The van der Waals surface area contributed by atoms with Crippen molar-refractivity contribution < 1.29 is 19.3 Å². The number of anilines is 2. The van der Waals surface area contributed by atoms with Gasteiger partial charge in [0.1, 0.15) is 28.0 Å². The van der Waals surface area contributed by atoms with Gasteiger partial charge in [0.15, 0.2) is 11.2 Å². The van der Waals surface area contributed by atoms with Crippen LogP contribution in [0.3, 0.4) is 0 Å². The summed E-state index contributed by atoms with van der Waals surface area (Å²) >= 11 is 1.63. The molecule has 5 aliphatic rings. The number of benzene rings is 1. The molecule has 2 spiro atoms. The van der Waals surface area contributed by atoms with Crippen molar-refractivity contribution in [1.82, 2.24) is 40.2 Å². The van der Waals surface area contributed by atoms with E-state index >= 15 is 0 Å². The Morgan fingerprint density at radius 1 is 1.11 bits per heavy atom. The summed E-state index contributed by atoms with van der Waals surface area (Å²) in [5, 5.41) is 24.5. The van der Waals surface area contributed by atoms with Crippen LogP contribution in [0.1, 0.15) is 54.2 Å². The molecule has 0 bridgehead atoms. The fourth-order valence-corrected chi connectivity index (χ4v) is 10.3. The maximum atomic E-state index is 13.9. The molecular weight excluding hydrogens is 719 g/mol. The molecule has 1 atom stereocenters. The Hall–Kier alpha value is -5.31. The molecule has 1 unspecified atom stereocenters. The number of carbonyl (C=O) groups is 2. The monoisotopic (exact) mass is 757 g/mol. The molecule has 280 valence electrons. The molecule has 1 aromatic carbocycles. The lowest BCUT2D eigenvalue weighted by Gasteiger charge is -2.52. The van der Waals surface area contributed by atoms with Gasteiger partial charge < -0.3 is 10.2 Å². The first-order chi connectivity index (χ1) is 26.9. The van der Waals surface area contributed by atoms with Crippen molar-refractivity contribution in [3.8, 4) is 22.5 Å². The lowest BCUT2D eigenvalue weighted by Crippen LogP contribution is -2.66. The molecule has 4 aliphatic heterocycles. The number of amides is 2. The molecule has 2 amide bonds. The van der Waals surface area contributed by atoms with Crippen LogP contribution >= 0.6 is 11.3 Å². The summed E-state index contributed by atoms with van der Waals surface area (Å²) in [5.74, 6) is 1.24. The van der Waals surface area contributed by atoms with Crippen molar-refractivity contribution >= 4 is 45.6 Å². The van der Waals surface area contributed by atoms with E-state index in [1.54, 1.807) is 22.4 Å². The second kappa shape index (κ2) is 13.2. The van der Waals surface area contributed by atoms with Gasteiger partial charge in [-0.25, -0.2) is 9.97 Å². The van der Waals surface area contributed by atoms with E-state index in [-0.39, 0.29) is 17.2 Å². The number of rotatable bonds is 7. The average Bonchev–Trinajstić information content (AvgIpc) is 3.92. The minimum absolute atomic E-state index is 0.0295. The number of piperidine rings is 1. The number of nitriles is 1. The van der Waals surface area contributed by atoms with Gasteiger partial charge >= 0.3 is 0 Å². The number of fused-ring (bicyclic) bond motifs is 3. The minimum Gasteiger partial charge on any atom is -0.387 e. The van der Waals surface area contributed by atoms with E-state index < -0.39 is 11.6 Å².